The number of halogens is 1. The second kappa shape index (κ2) is 14.2. The van der Waals surface area contributed by atoms with E-state index in [2.05, 4.69) is 147 Å². The van der Waals surface area contributed by atoms with Crippen LogP contribution in [0.3, 0.4) is 0 Å². The van der Waals surface area contributed by atoms with E-state index in [0.29, 0.717) is 11.8 Å². The molecule has 0 aliphatic carbocycles. The van der Waals surface area contributed by atoms with E-state index >= 15 is 0 Å². The van der Waals surface area contributed by atoms with Crippen molar-refractivity contribution in [2.45, 2.75) is 52.9 Å². The second-order valence-corrected chi connectivity index (χ2v) is 10.7. The number of allylic oxidation sites excluding steroid dienone is 5. The molecule has 0 aliphatic rings. The summed E-state index contributed by atoms with van der Waals surface area (Å²) in [4.78, 5) is 0. The van der Waals surface area contributed by atoms with Crippen molar-refractivity contribution in [1.82, 2.24) is 5.32 Å². The minimum atomic E-state index is 0.366. The topological polar surface area (TPSA) is 12.0 Å². The van der Waals surface area contributed by atoms with Crippen molar-refractivity contribution in [3.05, 3.63) is 123 Å². The Kier molecular flexibility index (Phi) is 11.1. The SMILES string of the molecule is C/C=C(/C=C\NC)C(C)C/C(C)=C(\c1ccccc1I)C(CCC)c1ccc(-c2ccccc2)cc1. The molecule has 3 aromatic carbocycles. The van der Waals surface area contributed by atoms with Crippen LogP contribution < -0.4 is 5.32 Å². The van der Waals surface area contributed by atoms with Gasteiger partial charge >= 0.3 is 0 Å². The van der Waals surface area contributed by atoms with Gasteiger partial charge in [0.25, 0.3) is 0 Å². The molecule has 0 aromatic heterocycles. The fourth-order valence-corrected chi connectivity index (χ4v) is 5.79. The van der Waals surface area contributed by atoms with Crippen LogP contribution in [0.25, 0.3) is 16.7 Å². The van der Waals surface area contributed by atoms with Gasteiger partial charge in [-0.05, 0) is 107 Å². The first-order chi connectivity index (χ1) is 17.5. The van der Waals surface area contributed by atoms with Crippen LogP contribution in [0.4, 0.5) is 0 Å². The zero-order valence-corrected chi connectivity index (χ0v) is 24.5. The predicted molar refractivity (Wildman–Crippen MR) is 167 cm³/mol. The Hall–Kier alpha value is -2.59. The molecule has 0 radical (unpaired) electrons. The van der Waals surface area contributed by atoms with Crippen LogP contribution in [0, 0.1) is 9.49 Å². The zero-order chi connectivity index (χ0) is 25.9. The van der Waals surface area contributed by atoms with Gasteiger partial charge in [-0.2, -0.15) is 0 Å². The molecular weight excluding hydrogens is 549 g/mol. The Labute approximate surface area is 232 Å². The normalized spacial score (nSPS) is 14.4. The summed E-state index contributed by atoms with van der Waals surface area (Å²) in [5, 5.41) is 3.14. The highest BCUT2D eigenvalue weighted by molar-refractivity contribution is 14.1. The van der Waals surface area contributed by atoms with Crippen LogP contribution in [-0.2, 0) is 0 Å². The quantitative estimate of drug-likeness (QED) is 0.173. The Bertz CT molecular complexity index is 1190. The fraction of sp³-hybridized carbons (Fsp3) is 0.294. The number of hydrogen-bond acceptors (Lipinski definition) is 1. The molecule has 2 atom stereocenters. The predicted octanol–water partition coefficient (Wildman–Crippen LogP) is 10.0. The molecule has 1 nitrogen and oxygen atoms in total. The largest absolute Gasteiger partial charge is 0.394 e. The monoisotopic (exact) mass is 589 g/mol. The smallest absolute Gasteiger partial charge is 0.0205 e. The van der Waals surface area contributed by atoms with Crippen LogP contribution in [0.2, 0.25) is 0 Å². The minimum absolute atomic E-state index is 0.366. The van der Waals surface area contributed by atoms with Gasteiger partial charge in [0.05, 0.1) is 0 Å². The molecule has 0 aliphatic heterocycles. The second-order valence-electron chi connectivity index (χ2n) is 9.52. The zero-order valence-electron chi connectivity index (χ0n) is 22.4. The van der Waals surface area contributed by atoms with Crippen LogP contribution >= 0.6 is 22.6 Å². The Morgan fingerprint density at radius 1 is 0.917 bits per heavy atom. The number of hydrogen-bond donors (Lipinski definition) is 1. The lowest BCUT2D eigenvalue weighted by atomic mass is 9.79. The van der Waals surface area contributed by atoms with E-state index in [0.717, 1.165) is 19.3 Å². The van der Waals surface area contributed by atoms with Gasteiger partial charge in [0.1, 0.15) is 0 Å². The molecule has 1 N–H and O–H groups in total. The molecule has 0 saturated carbocycles. The summed E-state index contributed by atoms with van der Waals surface area (Å²) in [5.41, 5.74) is 9.66. The first-order valence-electron chi connectivity index (χ1n) is 13.1. The van der Waals surface area contributed by atoms with Crippen molar-refractivity contribution in [2.75, 3.05) is 7.05 Å². The number of benzene rings is 3. The molecular formula is C34H40IN. The Morgan fingerprint density at radius 3 is 2.17 bits per heavy atom. The molecule has 0 fully saturated rings. The summed E-state index contributed by atoms with van der Waals surface area (Å²) >= 11 is 2.51. The third-order valence-electron chi connectivity index (χ3n) is 6.93. The van der Waals surface area contributed by atoms with E-state index in [9.17, 15) is 0 Å². The molecule has 2 heteroatoms. The highest BCUT2D eigenvalue weighted by Gasteiger charge is 2.23. The summed E-state index contributed by atoms with van der Waals surface area (Å²) in [7, 11) is 1.95. The van der Waals surface area contributed by atoms with Crippen LogP contribution in [-0.4, -0.2) is 7.05 Å². The van der Waals surface area contributed by atoms with Crippen molar-refractivity contribution in [3.8, 4) is 11.1 Å². The maximum atomic E-state index is 3.14. The van der Waals surface area contributed by atoms with Gasteiger partial charge < -0.3 is 5.32 Å². The van der Waals surface area contributed by atoms with Crippen molar-refractivity contribution in [2.24, 2.45) is 5.92 Å². The molecule has 3 rings (SSSR count). The summed E-state index contributed by atoms with van der Waals surface area (Å²) < 4.78 is 1.32. The van der Waals surface area contributed by atoms with Crippen LogP contribution in [0.15, 0.2) is 108 Å². The lowest BCUT2D eigenvalue weighted by molar-refractivity contribution is 0.673. The fourth-order valence-electron chi connectivity index (χ4n) is 5.11. The molecule has 0 bridgehead atoms. The number of rotatable bonds is 11. The van der Waals surface area contributed by atoms with E-state index in [4.69, 9.17) is 0 Å². The summed E-state index contributed by atoms with van der Waals surface area (Å²) in [5.74, 6) is 0.809. The average Bonchev–Trinajstić information content (AvgIpc) is 2.90. The first-order valence-corrected chi connectivity index (χ1v) is 14.2. The Balaban J connectivity index is 2.07. The lowest BCUT2D eigenvalue weighted by Gasteiger charge is -2.26. The molecule has 3 aromatic rings. The molecule has 0 amide bonds. The van der Waals surface area contributed by atoms with Crippen molar-refractivity contribution in [1.29, 1.82) is 0 Å². The molecule has 0 saturated heterocycles. The highest BCUT2D eigenvalue weighted by atomic mass is 127. The minimum Gasteiger partial charge on any atom is -0.394 e. The molecule has 0 spiro atoms. The summed E-state index contributed by atoms with van der Waals surface area (Å²) in [6.45, 7) is 9.14. The van der Waals surface area contributed by atoms with E-state index in [1.807, 2.05) is 13.2 Å². The van der Waals surface area contributed by atoms with Gasteiger partial charge in [0.2, 0.25) is 0 Å². The van der Waals surface area contributed by atoms with E-state index in [-0.39, 0.29) is 0 Å². The Morgan fingerprint density at radius 2 is 1.56 bits per heavy atom. The number of nitrogens with one attached hydrogen (secondary N) is 1. The first kappa shape index (κ1) is 28.0. The maximum absolute atomic E-state index is 3.14. The lowest BCUT2D eigenvalue weighted by Crippen LogP contribution is -2.08. The van der Waals surface area contributed by atoms with Crippen molar-refractivity contribution < 1.29 is 0 Å². The third kappa shape index (κ3) is 7.22. The van der Waals surface area contributed by atoms with Gasteiger partial charge in [-0.1, -0.05) is 105 Å². The molecule has 2 unspecified atom stereocenters. The van der Waals surface area contributed by atoms with Gasteiger partial charge in [0.15, 0.2) is 0 Å². The maximum Gasteiger partial charge on any atom is 0.0205 e. The van der Waals surface area contributed by atoms with Gasteiger partial charge in [-0.3, -0.25) is 0 Å². The third-order valence-corrected chi connectivity index (χ3v) is 7.87. The van der Waals surface area contributed by atoms with E-state index in [1.165, 1.54) is 42.5 Å². The van der Waals surface area contributed by atoms with E-state index in [1.54, 1.807) is 0 Å². The van der Waals surface area contributed by atoms with Gasteiger partial charge in [-0.25, -0.2) is 0 Å². The van der Waals surface area contributed by atoms with Crippen LogP contribution in [0.1, 0.15) is 64.0 Å². The molecule has 0 heterocycles. The van der Waals surface area contributed by atoms with Crippen molar-refractivity contribution in [3.63, 3.8) is 0 Å². The summed E-state index contributed by atoms with van der Waals surface area (Å²) in [6, 6.07) is 28.8. The highest BCUT2D eigenvalue weighted by Crippen LogP contribution is 2.42. The molecule has 36 heavy (non-hydrogen) atoms. The van der Waals surface area contributed by atoms with Crippen molar-refractivity contribution >= 4 is 28.2 Å². The molecule has 188 valence electrons. The standard InChI is InChI=1S/C34H40IN/c1-6-13-31(30-20-18-29(19-21-30)28-14-9-8-10-15-28)34(32-16-11-12-17-33(32)35)26(4)24-25(3)27(7-2)22-23-36-5/h7-12,14-23,25,31,36H,6,13,24H2,1-5H3/b23-22-,27-7-,34-26-. The van der Waals surface area contributed by atoms with E-state index < -0.39 is 0 Å². The van der Waals surface area contributed by atoms with Gasteiger partial charge in [0, 0.05) is 16.5 Å². The average molecular weight is 590 g/mol. The van der Waals surface area contributed by atoms with Crippen LogP contribution in [0.5, 0.6) is 0 Å². The summed E-state index contributed by atoms with van der Waals surface area (Å²) in [6.07, 6.45) is 9.79. The van der Waals surface area contributed by atoms with Gasteiger partial charge in [-0.15, -0.1) is 0 Å².